The molecule has 1 saturated carbocycles. The van der Waals surface area contributed by atoms with Crippen molar-refractivity contribution in [2.24, 2.45) is 23.7 Å². The first-order valence-electron chi connectivity index (χ1n) is 41.5. The summed E-state index contributed by atoms with van der Waals surface area (Å²) < 4.78 is 0. The Bertz CT molecular complexity index is 3570. The molecule has 1 aliphatic carbocycles. The molecule has 9 N–H and O–H groups in total. The summed E-state index contributed by atoms with van der Waals surface area (Å²) >= 11 is 0. The SMILES string of the molecule is CC[C@H](NC)C(=O)N[C@@H]1C(=O)N2[C@@H](CC[C@@H]1CCNCc1ccccc1)CC[C@H]2C(=O)NC(C(=O)CCCCCC1CCC(CCCCNC(=O)C(NC(=O)[C@@H]2CC[C@@H]3CC[C@H](CCNCc4ccccc4)[C@H](NC(=O)[C@H](CC)NC)C(=O)N32)(c2ccccc2)c2ccccc2)CC1)(c1ccccc1)c1ccccc1. The number of likely N-dealkylation sites (N-methyl/N-ethyl adjacent to an activating group) is 2. The monoisotopic (exact) mass is 1500 g/mol. The maximum atomic E-state index is 15.4. The molecule has 5 aliphatic rings. The summed E-state index contributed by atoms with van der Waals surface area (Å²) in [5.74, 6) is -1.34. The smallest absolute Gasteiger partial charge is 0.255 e. The summed E-state index contributed by atoms with van der Waals surface area (Å²) in [6, 6.07) is 53.5. The van der Waals surface area contributed by atoms with Gasteiger partial charge in [-0.05, 0) is 174 Å². The molecule has 4 saturated heterocycles. The van der Waals surface area contributed by atoms with Crippen LogP contribution in [-0.2, 0) is 62.5 Å². The van der Waals surface area contributed by atoms with Gasteiger partial charge in [0.15, 0.2) is 11.3 Å². The Morgan fingerprint density at radius 2 is 0.773 bits per heavy atom. The third-order valence-electron chi connectivity index (χ3n) is 24.8. The van der Waals surface area contributed by atoms with Gasteiger partial charge in [0.05, 0.1) is 12.1 Å². The predicted octanol–water partition coefficient (Wildman–Crippen LogP) is 11.6. The lowest BCUT2D eigenvalue weighted by Crippen LogP contribution is -2.62. The van der Waals surface area contributed by atoms with Crippen LogP contribution in [0.25, 0.3) is 0 Å². The van der Waals surface area contributed by atoms with Crippen molar-refractivity contribution >= 4 is 47.1 Å². The first-order valence-corrected chi connectivity index (χ1v) is 41.5. The predicted molar refractivity (Wildman–Crippen MR) is 432 cm³/mol. The fourth-order valence-electron chi connectivity index (χ4n) is 18.6. The van der Waals surface area contributed by atoms with Crippen molar-refractivity contribution in [1.82, 2.24) is 57.7 Å². The fourth-order valence-corrected chi connectivity index (χ4v) is 18.6. The van der Waals surface area contributed by atoms with E-state index in [9.17, 15) is 9.59 Å². The van der Waals surface area contributed by atoms with Gasteiger partial charge in [-0.15, -0.1) is 0 Å². The summed E-state index contributed by atoms with van der Waals surface area (Å²) in [5.41, 5.74) is 1.72. The molecule has 19 nitrogen and oxygen atoms in total. The van der Waals surface area contributed by atoms with Crippen LogP contribution in [0, 0.1) is 23.7 Å². The second kappa shape index (κ2) is 40.9. The number of nitrogens with one attached hydrogen (secondary N) is 9. The number of ketones is 1. The molecule has 0 unspecified atom stereocenters. The molecule has 0 radical (unpaired) electrons. The Morgan fingerprint density at radius 3 is 1.16 bits per heavy atom. The molecule has 0 aromatic heterocycles. The molecule has 6 aromatic rings. The van der Waals surface area contributed by atoms with Crippen molar-refractivity contribution < 1.29 is 38.4 Å². The Morgan fingerprint density at radius 1 is 0.409 bits per heavy atom. The van der Waals surface area contributed by atoms with E-state index in [2.05, 4.69) is 72.1 Å². The lowest BCUT2D eigenvalue weighted by Gasteiger charge is -2.38. The number of rotatable bonds is 39. The number of amides is 7. The molecule has 11 rings (SSSR count). The molecule has 588 valence electrons. The Kier molecular flexibility index (Phi) is 30.5. The largest absolute Gasteiger partial charge is 0.353 e. The van der Waals surface area contributed by atoms with Crippen molar-refractivity contribution in [3.05, 3.63) is 215 Å². The highest BCUT2D eigenvalue weighted by Crippen LogP contribution is 2.41. The van der Waals surface area contributed by atoms with Crippen LogP contribution >= 0.6 is 0 Å². The van der Waals surface area contributed by atoms with Gasteiger partial charge in [0.2, 0.25) is 35.4 Å². The average Bonchev–Trinajstić information content (AvgIpc) is 1.72. The topological polar surface area (TPSA) is 251 Å². The van der Waals surface area contributed by atoms with Gasteiger partial charge in [-0.1, -0.05) is 254 Å². The number of Topliss-reactive ketones (excluding diaryl/α,β-unsaturated/α-hetero) is 1. The highest BCUT2D eigenvalue weighted by Gasteiger charge is 2.53. The van der Waals surface area contributed by atoms with Crippen LogP contribution in [0.15, 0.2) is 182 Å². The molecule has 19 heteroatoms. The summed E-state index contributed by atoms with van der Waals surface area (Å²) in [4.78, 5) is 123. The summed E-state index contributed by atoms with van der Waals surface area (Å²) in [7, 11) is 3.50. The lowest BCUT2D eigenvalue weighted by atomic mass is 9.76. The third kappa shape index (κ3) is 20.2. The summed E-state index contributed by atoms with van der Waals surface area (Å²) in [6.45, 7) is 6.96. The van der Waals surface area contributed by atoms with E-state index >= 15 is 28.8 Å². The molecule has 10 atom stereocenters. The van der Waals surface area contributed by atoms with Crippen molar-refractivity contribution in [3.8, 4) is 0 Å². The summed E-state index contributed by atoms with van der Waals surface area (Å²) in [6.07, 6.45) is 18.6. The van der Waals surface area contributed by atoms with Gasteiger partial charge in [0, 0.05) is 38.1 Å². The zero-order valence-electron chi connectivity index (χ0n) is 65.4. The molecular formula is C91H121N11O8. The number of nitrogens with zero attached hydrogens (tertiary/aromatic N) is 2. The maximum Gasteiger partial charge on any atom is 0.255 e. The molecular weight excluding hydrogens is 1380 g/mol. The van der Waals surface area contributed by atoms with E-state index in [1.165, 1.54) is 5.56 Å². The molecule has 0 bridgehead atoms. The minimum Gasteiger partial charge on any atom is -0.353 e. The van der Waals surface area contributed by atoms with Gasteiger partial charge in [-0.2, -0.15) is 0 Å². The zero-order chi connectivity index (χ0) is 77.2. The fraction of sp³-hybridized carbons (Fsp3) is 0.516. The third-order valence-corrected chi connectivity index (χ3v) is 24.8. The molecule has 7 amide bonds. The number of carbonyl (C=O) groups excluding carboxylic acids is 8. The normalized spacial score (nSPS) is 22.7. The second-order valence-electron chi connectivity index (χ2n) is 31.6. The van der Waals surface area contributed by atoms with Crippen LogP contribution in [0.5, 0.6) is 0 Å². The van der Waals surface area contributed by atoms with Gasteiger partial charge < -0.3 is 57.7 Å². The standard InChI is InChI=1S/C91H121N11O8/c1-5-76(92-3)83(104)97-81-68(57-60-94-62-66-32-15-7-16-33-66)49-51-74-53-55-78(101(74)87(81)108)85(106)99-90(70-36-19-10-20-37-70,71-38-21-11-22-39-71)80(103)44-27-9-14-30-64-45-47-65(48-46-64)31-28-29-59-96-89(110)91(72-40-23-12-24-41-72,73-42-25-13-26-43-73)100-86(107)79-56-54-75-52-50-69(58-61-95-63-67-34-17-8-18-35-67)82(88(109)102(75)79)98-84(105)77(6-2)93-4/h7-8,10-13,15-26,32-43,64-65,68-69,74-79,81-82,92-95H,5-6,9,14,27-31,44-63H2,1-4H3,(H,96,110)(H,97,104)(H,98,105)(H,99,106)(H,100,107)/t64?,65?,68-,69-,74+,75+,76+,77+,78+,79+,81+,82+/m1/s1. The first kappa shape index (κ1) is 82.1. The number of hydrogen-bond acceptors (Lipinski definition) is 12. The number of unbranched alkanes of at least 4 members (excludes halogenated alkanes) is 3. The van der Waals surface area contributed by atoms with Gasteiger partial charge in [-0.25, -0.2) is 0 Å². The number of hydrogen-bond donors (Lipinski definition) is 9. The molecule has 5 fully saturated rings. The molecule has 110 heavy (non-hydrogen) atoms. The Labute approximate surface area is 653 Å². The number of fused-ring (bicyclic) bond motifs is 2. The van der Waals surface area contributed by atoms with Crippen LogP contribution in [-0.4, -0.2) is 139 Å². The average molecular weight is 1500 g/mol. The van der Waals surface area contributed by atoms with Gasteiger partial charge in [0.1, 0.15) is 29.7 Å². The van der Waals surface area contributed by atoms with E-state index in [-0.39, 0.29) is 71.6 Å². The second-order valence-corrected chi connectivity index (χ2v) is 31.6. The Balaban J connectivity index is 0.678. The molecule has 4 aliphatic heterocycles. The van der Waals surface area contributed by atoms with Crippen molar-refractivity contribution in [1.29, 1.82) is 0 Å². The number of carbonyl (C=O) groups is 8. The summed E-state index contributed by atoms with van der Waals surface area (Å²) in [5, 5.41) is 29.7. The van der Waals surface area contributed by atoms with E-state index in [4.69, 9.17) is 0 Å². The quantitative estimate of drug-likeness (QED) is 0.0164. The van der Waals surface area contributed by atoms with Crippen LogP contribution in [0.2, 0.25) is 0 Å². The van der Waals surface area contributed by atoms with Crippen molar-refractivity contribution in [3.63, 3.8) is 0 Å². The lowest BCUT2D eigenvalue weighted by molar-refractivity contribution is -0.145. The van der Waals surface area contributed by atoms with Crippen LogP contribution in [0.1, 0.15) is 201 Å². The highest BCUT2D eigenvalue weighted by molar-refractivity contribution is 6.01. The van der Waals surface area contributed by atoms with Crippen molar-refractivity contribution in [2.75, 3.05) is 33.7 Å². The van der Waals surface area contributed by atoms with Crippen LogP contribution < -0.4 is 47.9 Å². The maximum absolute atomic E-state index is 15.4. The van der Waals surface area contributed by atoms with E-state index < -0.39 is 53.2 Å². The molecule has 4 heterocycles. The van der Waals surface area contributed by atoms with Gasteiger partial charge >= 0.3 is 0 Å². The highest BCUT2D eigenvalue weighted by atomic mass is 16.2. The van der Waals surface area contributed by atoms with Crippen LogP contribution in [0.4, 0.5) is 0 Å². The van der Waals surface area contributed by atoms with E-state index in [1.807, 2.05) is 172 Å². The first-order chi connectivity index (χ1) is 53.7. The molecule has 0 spiro atoms. The molecule has 6 aromatic carbocycles. The Hall–Kier alpha value is -8.88. The van der Waals surface area contributed by atoms with Gasteiger partial charge in [0.25, 0.3) is 5.91 Å². The zero-order valence-corrected chi connectivity index (χ0v) is 65.4. The number of benzene rings is 6. The van der Waals surface area contributed by atoms with E-state index in [0.29, 0.717) is 150 Å². The van der Waals surface area contributed by atoms with Crippen molar-refractivity contribution in [2.45, 2.75) is 240 Å². The minimum atomic E-state index is -1.63. The van der Waals surface area contributed by atoms with E-state index in [1.54, 1.807) is 23.9 Å². The minimum absolute atomic E-state index is 0.102. The van der Waals surface area contributed by atoms with Gasteiger partial charge in [-0.3, -0.25) is 38.4 Å². The van der Waals surface area contributed by atoms with E-state index in [0.717, 1.165) is 69.8 Å². The van der Waals surface area contributed by atoms with Crippen LogP contribution in [0.3, 0.4) is 0 Å².